The molecule has 0 saturated carbocycles. The third kappa shape index (κ3) is 2.79. The number of aromatic nitrogens is 2. The van der Waals surface area contributed by atoms with Crippen molar-refractivity contribution < 1.29 is 4.74 Å². The van der Waals surface area contributed by atoms with Gasteiger partial charge in [0.2, 0.25) is 0 Å². The summed E-state index contributed by atoms with van der Waals surface area (Å²) < 4.78 is 8.00. The molecule has 4 nitrogen and oxygen atoms in total. The third-order valence-electron chi connectivity index (χ3n) is 3.45. The molecule has 1 aliphatic heterocycles. The van der Waals surface area contributed by atoms with Gasteiger partial charge >= 0.3 is 0 Å². The molecule has 1 aromatic heterocycles. The van der Waals surface area contributed by atoms with Gasteiger partial charge in [-0.05, 0) is 24.6 Å². The predicted octanol–water partition coefficient (Wildman–Crippen LogP) is 1.92. The number of nitrogens with zero attached hydrogens (tertiary/aromatic N) is 2. The van der Waals surface area contributed by atoms with Crippen molar-refractivity contribution in [3.05, 3.63) is 47.5 Å². The normalized spacial score (nSPS) is 14.2. The molecule has 0 unspecified atom stereocenters. The van der Waals surface area contributed by atoms with Crippen molar-refractivity contribution in [2.24, 2.45) is 0 Å². The number of nitrogens with one attached hydrogen (secondary N) is 1. The van der Waals surface area contributed by atoms with Crippen LogP contribution in [0.4, 0.5) is 0 Å². The van der Waals surface area contributed by atoms with Crippen LogP contribution < -0.4 is 10.1 Å². The van der Waals surface area contributed by atoms with Crippen molar-refractivity contribution >= 4 is 0 Å². The average molecular weight is 257 g/mol. The van der Waals surface area contributed by atoms with Crippen LogP contribution in [0.15, 0.2) is 30.6 Å². The van der Waals surface area contributed by atoms with Gasteiger partial charge in [-0.1, -0.05) is 12.1 Å². The molecule has 4 heteroatoms. The van der Waals surface area contributed by atoms with Gasteiger partial charge in [-0.15, -0.1) is 0 Å². The first kappa shape index (κ1) is 12.2. The molecule has 0 saturated heterocycles. The zero-order valence-corrected chi connectivity index (χ0v) is 11.2. The second kappa shape index (κ2) is 5.45. The minimum Gasteiger partial charge on any atom is -0.492 e. The standard InChI is InChI=1S/C15H19N3O/c1-12-3-2-4-13(9-12)19-8-7-18-11-17-14-10-16-6-5-15(14)18/h2-4,9,11,16H,5-8,10H2,1H3. The van der Waals surface area contributed by atoms with Crippen LogP contribution in [-0.2, 0) is 19.5 Å². The summed E-state index contributed by atoms with van der Waals surface area (Å²) in [5.74, 6) is 0.940. The van der Waals surface area contributed by atoms with Crippen molar-refractivity contribution in [1.29, 1.82) is 0 Å². The number of hydrogen-bond donors (Lipinski definition) is 1. The Morgan fingerprint density at radius 1 is 1.42 bits per heavy atom. The topological polar surface area (TPSA) is 39.1 Å². The molecule has 0 fully saturated rings. The average Bonchev–Trinajstić information content (AvgIpc) is 2.83. The van der Waals surface area contributed by atoms with Gasteiger partial charge in [0.25, 0.3) is 0 Å². The lowest BCUT2D eigenvalue weighted by molar-refractivity contribution is 0.296. The highest BCUT2D eigenvalue weighted by atomic mass is 16.5. The molecule has 1 aliphatic rings. The van der Waals surface area contributed by atoms with Crippen LogP contribution in [0.1, 0.15) is 17.0 Å². The Hall–Kier alpha value is -1.81. The summed E-state index contributed by atoms with van der Waals surface area (Å²) in [6, 6.07) is 8.16. The molecule has 2 aromatic rings. The van der Waals surface area contributed by atoms with Crippen molar-refractivity contribution in [3.8, 4) is 5.75 Å². The van der Waals surface area contributed by atoms with Crippen LogP contribution in [0.25, 0.3) is 0 Å². The molecule has 0 radical (unpaired) electrons. The van der Waals surface area contributed by atoms with E-state index >= 15 is 0 Å². The van der Waals surface area contributed by atoms with Crippen LogP contribution in [0.3, 0.4) is 0 Å². The molecule has 100 valence electrons. The molecule has 2 heterocycles. The molecule has 0 aliphatic carbocycles. The van der Waals surface area contributed by atoms with Gasteiger partial charge in [-0.2, -0.15) is 0 Å². The maximum absolute atomic E-state index is 5.79. The van der Waals surface area contributed by atoms with Gasteiger partial charge in [0.05, 0.1) is 18.6 Å². The van der Waals surface area contributed by atoms with E-state index in [0.717, 1.165) is 31.8 Å². The first-order valence-corrected chi connectivity index (χ1v) is 6.76. The fraction of sp³-hybridized carbons (Fsp3) is 0.400. The van der Waals surface area contributed by atoms with E-state index in [1.807, 2.05) is 18.5 Å². The Kier molecular flexibility index (Phi) is 3.51. The Labute approximate surface area is 113 Å². The lowest BCUT2D eigenvalue weighted by atomic mass is 10.2. The quantitative estimate of drug-likeness (QED) is 0.909. The Bertz CT molecular complexity index is 562. The zero-order valence-electron chi connectivity index (χ0n) is 11.2. The molecule has 0 amide bonds. The fourth-order valence-corrected chi connectivity index (χ4v) is 2.46. The summed E-state index contributed by atoms with van der Waals surface area (Å²) >= 11 is 0. The first-order valence-electron chi connectivity index (χ1n) is 6.76. The van der Waals surface area contributed by atoms with E-state index in [4.69, 9.17) is 4.74 Å². The van der Waals surface area contributed by atoms with Crippen molar-refractivity contribution in [3.63, 3.8) is 0 Å². The van der Waals surface area contributed by atoms with Crippen molar-refractivity contribution in [2.45, 2.75) is 26.4 Å². The highest BCUT2D eigenvalue weighted by molar-refractivity contribution is 5.27. The largest absolute Gasteiger partial charge is 0.492 e. The van der Waals surface area contributed by atoms with E-state index in [1.54, 1.807) is 0 Å². The maximum atomic E-state index is 5.79. The molecular formula is C15H19N3O. The molecule has 0 bridgehead atoms. The first-order chi connectivity index (χ1) is 9.33. The predicted molar refractivity (Wildman–Crippen MR) is 74.3 cm³/mol. The minimum absolute atomic E-state index is 0.680. The van der Waals surface area contributed by atoms with E-state index in [-0.39, 0.29) is 0 Å². The summed E-state index contributed by atoms with van der Waals surface area (Å²) in [6.07, 6.45) is 2.98. The van der Waals surface area contributed by atoms with Gasteiger partial charge < -0.3 is 14.6 Å². The summed E-state index contributed by atoms with van der Waals surface area (Å²) in [5.41, 5.74) is 3.76. The van der Waals surface area contributed by atoms with Gasteiger partial charge in [-0.25, -0.2) is 4.98 Å². The lowest BCUT2D eigenvalue weighted by Crippen LogP contribution is -2.25. The highest BCUT2D eigenvalue weighted by Gasteiger charge is 2.14. The number of hydrogen-bond acceptors (Lipinski definition) is 3. The maximum Gasteiger partial charge on any atom is 0.119 e. The number of ether oxygens (including phenoxy) is 1. The third-order valence-corrected chi connectivity index (χ3v) is 3.45. The number of fused-ring (bicyclic) bond motifs is 1. The lowest BCUT2D eigenvalue weighted by Gasteiger charge is -2.15. The SMILES string of the molecule is Cc1cccc(OCCn2cnc3c2CCNC3)c1. The number of rotatable bonds is 4. The van der Waals surface area contributed by atoms with Gasteiger partial charge in [0, 0.05) is 25.2 Å². The van der Waals surface area contributed by atoms with E-state index in [2.05, 4.69) is 33.9 Å². The van der Waals surface area contributed by atoms with E-state index in [0.29, 0.717) is 6.61 Å². The number of aryl methyl sites for hydroxylation is 1. The van der Waals surface area contributed by atoms with Gasteiger partial charge in [0.15, 0.2) is 0 Å². The summed E-state index contributed by atoms with van der Waals surface area (Å²) in [7, 11) is 0. The zero-order chi connectivity index (χ0) is 13.1. The van der Waals surface area contributed by atoms with Crippen LogP contribution >= 0.6 is 0 Å². The smallest absolute Gasteiger partial charge is 0.119 e. The highest BCUT2D eigenvalue weighted by Crippen LogP contribution is 2.14. The van der Waals surface area contributed by atoms with Crippen LogP contribution in [0, 0.1) is 6.92 Å². The van der Waals surface area contributed by atoms with Crippen molar-refractivity contribution in [2.75, 3.05) is 13.2 Å². The summed E-state index contributed by atoms with van der Waals surface area (Å²) in [5, 5.41) is 3.34. The molecule has 0 spiro atoms. The van der Waals surface area contributed by atoms with E-state index < -0.39 is 0 Å². The molecule has 1 N–H and O–H groups in total. The minimum atomic E-state index is 0.680. The second-order valence-corrected chi connectivity index (χ2v) is 4.92. The van der Waals surface area contributed by atoms with Crippen molar-refractivity contribution in [1.82, 2.24) is 14.9 Å². The van der Waals surface area contributed by atoms with E-state index in [1.165, 1.54) is 17.0 Å². The van der Waals surface area contributed by atoms with Crippen LogP contribution in [0.5, 0.6) is 5.75 Å². The molecule has 1 aromatic carbocycles. The Morgan fingerprint density at radius 2 is 2.37 bits per heavy atom. The van der Waals surface area contributed by atoms with Gasteiger partial charge in [0.1, 0.15) is 12.4 Å². The Balaban J connectivity index is 1.59. The van der Waals surface area contributed by atoms with E-state index in [9.17, 15) is 0 Å². The fourth-order valence-electron chi connectivity index (χ4n) is 2.46. The molecule has 3 rings (SSSR count). The van der Waals surface area contributed by atoms with Gasteiger partial charge in [-0.3, -0.25) is 0 Å². The monoisotopic (exact) mass is 257 g/mol. The van der Waals surface area contributed by atoms with Crippen LogP contribution in [0.2, 0.25) is 0 Å². The second-order valence-electron chi connectivity index (χ2n) is 4.92. The molecular weight excluding hydrogens is 238 g/mol. The summed E-state index contributed by atoms with van der Waals surface area (Å²) in [6.45, 7) is 5.54. The summed E-state index contributed by atoms with van der Waals surface area (Å²) in [4.78, 5) is 4.44. The molecule has 19 heavy (non-hydrogen) atoms. The molecule has 0 atom stereocenters. The van der Waals surface area contributed by atoms with Crippen LogP contribution in [-0.4, -0.2) is 22.7 Å². The number of benzene rings is 1. The number of imidazole rings is 1. The Morgan fingerprint density at radius 3 is 3.26 bits per heavy atom.